The van der Waals surface area contributed by atoms with E-state index < -0.39 is 6.10 Å². The molecular weight excluding hydrogens is 358 g/mol. The number of thiazole rings is 1. The highest BCUT2D eigenvalue weighted by molar-refractivity contribution is 7.09. The average Bonchev–Trinajstić information content (AvgIpc) is 3.31. The normalized spacial score (nSPS) is 17.4. The molecule has 0 radical (unpaired) electrons. The van der Waals surface area contributed by atoms with E-state index >= 15 is 0 Å². The van der Waals surface area contributed by atoms with Crippen LogP contribution in [-0.2, 0) is 16.1 Å². The molecule has 4 rings (SSSR count). The monoisotopic (exact) mass is 379 g/mol. The van der Waals surface area contributed by atoms with E-state index in [2.05, 4.69) is 45.8 Å². The molecule has 0 unspecified atom stereocenters. The minimum atomic E-state index is -0.572. The molecular formula is C21H21N3O2S. The lowest BCUT2D eigenvalue weighted by Crippen LogP contribution is -2.36. The largest absolute Gasteiger partial charge is 0.382 e. The number of nitrogens with zero attached hydrogens (tertiary/aromatic N) is 2. The Bertz CT molecular complexity index is 1010. The summed E-state index contributed by atoms with van der Waals surface area (Å²) in [6.07, 6.45) is 0.626. The van der Waals surface area contributed by atoms with Crippen LogP contribution in [0.2, 0.25) is 0 Å². The van der Waals surface area contributed by atoms with Crippen molar-refractivity contribution < 1.29 is 9.63 Å². The SMILES string of the molecule is Cc1nc([C@@H](C)NC(=O)[C@H]2CC(Cc3cccc4ccccc34)=NO2)cs1. The Morgan fingerprint density at radius 1 is 1.30 bits per heavy atom. The smallest absolute Gasteiger partial charge is 0.264 e. The molecule has 2 aromatic carbocycles. The number of fused-ring (bicyclic) bond motifs is 1. The van der Waals surface area contributed by atoms with Gasteiger partial charge in [0.05, 0.1) is 22.5 Å². The van der Waals surface area contributed by atoms with Gasteiger partial charge in [0, 0.05) is 18.2 Å². The van der Waals surface area contributed by atoms with Crippen molar-refractivity contribution in [1.82, 2.24) is 10.3 Å². The lowest BCUT2D eigenvalue weighted by Gasteiger charge is -2.14. The fourth-order valence-corrected chi connectivity index (χ4v) is 4.00. The number of oxime groups is 1. The highest BCUT2D eigenvalue weighted by Gasteiger charge is 2.29. The summed E-state index contributed by atoms with van der Waals surface area (Å²) in [5, 5.41) is 12.5. The first-order valence-corrected chi connectivity index (χ1v) is 9.89. The van der Waals surface area contributed by atoms with Crippen LogP contribution >= 0.6 is 11.3 Å². The number of benzene rings is 2. The van der Waals surface area contributed by atoms with Crippen LogP contribution in [0.15, 0.2) is 53.0 Å². The van der Waals surface area contributed by atoms with Crippen LogP contribution in [-0.4, -0.2) is 22.7 Å². The van der Waals surface area contributed by atoms with Gasteiger partial charge in [-0.25, -0.2) is 4.98 Å². The van der Waals surface area contributed by atoms with E-state index in [1.54, 1.807) is 11.3 Å². The number of aromatic nitrogens is 1. The predicted octanol–water partition coefficient (Wildman–Crippen LogP) is 4.17. The van der Waals surface area contributed by atoms with E-state index in [4.69, 9.17) is 4.84 Å². The minimum Gasteiger partial charge on any atom is -0.382 e. The van der Waals surface area contributed by atoms with Crippen molar-refractivity contribution in [2.75, 3.05) is 0 Å². The summed E-state index contributed by atoms with van der Waals surface area (Å²) >= 11 is 1.58. The van der Waals surface area contributed by atoms with Crippen molar-refractivity contribution in [3.63, 3.8) is 0 Å². The van der Waals surface area contributed by atoms with E-state index in [0.717, 1.165) is 16.4 Å². The second-order valence-corrected chi connectivity index (χ2v) is 7.85. The first kappa shape index (κ1) is 17.7. The van der Waals surface area contributed by atoms with Gasteiger partial charge in [-0.1, -0.05) is 47.6 Å². The molecule has 5 nitrogen and oxygen atoms in total. The number of amides is 1. The molecule has 0 aliphatic carbocycles. The van der Waals surface area contributed by atoms with Gasteiger partial charge in [-0.05, 0) is 30.2 Å². The summed E-state index contributed by atoms with van der Waals surface area (Å²) in [4.78, 5) is 22.3. The molecule has 2 heterocycles. The fourth-order valence-electron chi connectivity index (χ4n) is 3.30. The Hall–Kier alpha value is -2.73. The van der Waals surface area contributed by atoms with Crippen molar-refractivity contribution in [3.05, 3.63) is 64.1 Å². The summed E-state index contributed by atoms with van der Waals surface area (Å²) in [6.45, 7) is 3.88. The molecule has 1 aliphatic heterocycles. The second-order valence-electron chi connectivity index (χ2n) is 6.79. The van der Waals surface area contributed by atoms with Crippen LogP contribution in [0, 0.1) is 6.92 Å². The molecule has 1 aromatic heterocycles. The van der Waals surface area contributed by atoms with Gasteiger partial charge in [-0.2, -0.15) is 0 Å². The van der Waals surface area contributed by atoms with Crippen LogP contribution in [0.25, 0.3) is 10.8 Å². The van der Waals surface area contributed by atoms with Crippen molar-refractivity contribution in [2.24, 2.45) is 5.16 Å². The number of carbonyl (C=O) groups is 1. The van der Waals surface area contributed by atoms with Gasteiger partial charge in [0.1, 0.15) is 0 Å². The van der Waals surface area contributed by atoms with Gasteiger partial charge >= 0.3 is 0 Å². The molecule has 1 aliphatic rings. The van der Waals surface area contributed by atoms with Crippen LogP contribution in [0.5, 0.6) is 0 Å². The van der Waals surface area contributed by atoms with E-state index in [1.807, 2.05) is 31.4 Å². The third-order valence-corrected chi connectivity index (χ3v) is 5.53. The molecule has 1 N–H and O–H groups in total. The standard InChI is InChI=1S/C21H21N3O2S/c1-13(19-12-27-14(2)23-19)22-21(25)20-11-17(24-26-20)10-16-8-5-7-15-6-3-4-9-18(15)16/h3-9,12-13,20H,10-11H2,1-2H3,(H,22,25)/t13-,20-/m1/s1. The Balaban J connectivity index is 1.38. The first-order chi connectivity index (χ1) is 13.1. The summed E-state index contributed by atoms with van der Waals surface area (Å²) in [7, 11) is 0. The van der Waals surface area contributed by atoms with Crippen molar-refractivity contribution in [1.29, 1.82) is 0 Å². The zero-order valence-electron chi connectivity index (χ0n) is 15.3. The third-order valence-electron chi connectivity index (χ3n) is 4.74. The quantitative estimate of drug-likeness (QED) is 0.724. The molecule has 6 heteroatoms. The molecule has 2 atom stereocenters. The lowest BCUT2D eigenvalue weighted by molar-refractivity contribution is -0.131. The Morgan fingerprint density at radius 2 is 2.11 bits per heavy atom. The zero-order chi connectivity index (χ0) is 18.8. The van der Waals surface area contributed by atoms with Gasteiger partial charge in [-0.3, -0.25) is 4.79 Å². The van der Waals surface area contributed by atoms with E-state index in [1.165, 1.54) is 16.3 Å². The van der Waals surface area contributed by atoms with Crippen LogP contribution in [0.4, 0.5) is 0 Å². The van der Waals surface area contributed by atoms with Gasteiger partial charge < -0.3 is 10.2 Å². The van der Waals surface area contributed by atoms with E-state index in [0.29, 0.717) is 12.8 Å². The summed E-state index contributed by atoms with van der Waals surface area (Å²) in [5.74, 6) is -0.148. The van der Waals surface area contributed by atoms with Crippen LogP contribution in [0.1, 0.15) is 35.7 Å². The summed E-state index contributed by atoms with van der Waals surface area (Å²) in [5.41, 5.74) is 2.97. The molecule has 1 amide bonds. The predicted molar refractivity (Wildman–Crippen MR) is 108 cm³/mol. The highest BCUT2D eigenvalue weighted by Crippen LogP contribution is 2.23. The maximum absolute atomic E-state index is 12.5. The number of aryl methyl sites for hydroxylation is 1. The molecule has 0 fully saturated rings. The summed E-state index contributed by atoms with van der Waals surface area (Å²) in [6, 6.07) is 14.4. The van der Waals surface area contributed by atoms with Gasteiger partial charge in [0.15, 0.2) is 0 Å². The molecule has 3 aromatic rings. The van der Waals surface area contributed by atoms with Gasteiger partial charge in [-0.15, -0.1) is 11.3 Å². The number of rotatable bonds is 5. The molecule has 0 saturated carbocycles. The molecule has 0 bridgehead atoms. The molecule has 0 saturated heterocycles. The maximum Gasteiger partial charge on any atom is 0.264 e. The van der Waals surface area contributed by atoms with Crippen molar-refractivity contribution in [2.45, 2.75) is 38.8 Å². The maximum atomic E-state index is 12.5. The number of nitrogens with one attached hydrogen (secondary N) is 1. The Kier molecular flexibility index (Phi) is 4.90. The van der Waals surface area contributed by atoms with Crippen LogP contribution in [0.3, 0.4) is 0 Å². The van der Waals surface area contributed by atoms with Gasteiger partial charge in [0.2, 0.25) is 6.10 Å². The highest BCUT2D eigenvalue weighted by atomic mass is 32.1. The zero-order valence-corrected chi connectivity index (χ0v) is 16.1. The average molecular weight is 379 g/mol. The van der Waals surface area contributed by atoms with Crippen molar-refractivity contribution in [3.8, 4) is 0 Å². The van der Waals surface area contributed by atoms with Crippen molar-refractivity contribution >= 4 is 33.7 Å². The minimum absolute atomic E-state index is 0.145. The Morgan fingerprint density at radius 3 is 2.93 bits per heavy atom. The number of hydrogen-bond acceptors (Lipinski definition) is 5. The van der Waals surface area contributed by atoms with Gasteiger partial charge in [0.25, 0.3) is 5.91 Å². The molecule has 0 spiro atoms. The molecule has 138 valence electrons. The summed E-state index contributed by atoms with van der Waals surface area (Å²) < 4.78 is 0. The third kappa shape index (κ3) is 3.85. The van der Waals surface area contributed by atoms with E-state index in [9.17, 15) is 4.79 Å². The number of hydrogen-bond donors (Lipinski definition) is 1. The number of carbonyl (C=O) groups excluding carboxylic acids is 1. The second kappa shape index (κ2) is 7.48. The molecule has 27 heavy (non-hydrogen) atoms. The van der Waals surface area contributed by atoms with E-state index in [-0.39, 0.29) is 11.9 Å². The first-order valence-electron chi connectivity index (χ1n) is 9.01. The lowest BCUT2D eigenvalue weighted by atomic mass is 9.98. The topological polar surface area (TPSA) is 63.6 Å². The fraction of sp³-hybridized carbons (Fsp3) is 0.286. The van der Waals surface area contributed by atoms with Crippen LogP contribution < -0.4 is 5.32 Å². The Labute approximate surface area is 162 Å².